The van der Waals surface area contributed by atoms with Gasteiger partial charge < -0.3 is 0 Å². The van der Waals surface area contributed by atoms with Gasteiger partial charge in [0.25, 0.3) is 0 Å². The maximum absolute atomic E-state index is 12.4. The summed E-state index contributed by atoms with van der Waals surface area (Å²) in [6.07, 6.45) is 4.50. The molecular formula is C12H20BrN3O2S. The highest BCUT2D eigenvalue weighted by atomic mass is 79.9. The van der Waals surface area contributed by atoms with Gasteiger partial charge in [0.2, 0.25) is 10.0 Å². The Labute approximate surface area is 122 Å². The van der Waals surface area contributed by atoms with Gasteiger partial charge in [0.1, 0.15) is 4.90 Å². The van der Waals surface area contributed by atoms with Gasteiger partial charge in [-0.25, -0.2) is 13.1 Å². The highest BCUT2D eigenvalue weighted by Gasteiger charge is 2.34. The van der Waals surface area contributed by atoms with Crippen LogP contribution in [0.1, 0.15) is 37.1 Å². The fraction of sp³-hybridized carbons (Fsp3) is 0.750. The van der Waals surface area contributed by atoms with E-state index in [9.17, 15) is 8.42 Å². The summed E-state index contributed by atoms with van der Waals surface area (Å²) in [6.45, 7) is 3.92. The predicted molar refractivity (Wildman–Crippen MR) is 77.9 cm³/mol. The number of sulfonamides is 1. The standard InChI is InChI=1S/C12H20BrN3O2S/c1-9-11(10(2)16-15-9)19(17,18)14-8-12(7-13)5-3-4-6-12/h14H,3-8H2,1-2H3,(H,15,16). The minimum Gasteiger partial charge on any atom is -0.281 e. The Morgan fingerprint density at radius 1 is 1.37 bits per heavy atom. The van der Waals surface area contributed by atoms with Gasteiger partial charge in [-0.15, -0.1) is 0 Å². The van der Waals surface area contributed by atoms with Gasteiger partial charge in [0.05, 0.1) is 11.4 Å². The van der Waals surface area contributed by atoms with Crippen molar-refractivity contribution in [2.24, 2.45) is 5.41 Å². The molecule has 7 heteroatoms. The lowest BCUT2D eigenvalue weighted by Crippen LogP contribution is -2.37. The topological polar surface area (TPSA) is 74.8 Å². The van der Waals surface area contributed by atoms with Crippen LogP contribution >= 0.6 is 15.9 Å². The van der Waals surface area contributed by atoms with Crippen LogP contribution in [0.5, 0.6) is 0 Å². The van der Waals surface area contributed by atoms with Gasteiger partial charge in [0, 0.05) is 11.9 Å². The van der Waals surface area contributed by atoms with Crippen molar-refractivity contribution in [2.45, 2.75) is 44.4 Å². The number of aryl methyl sites for hydroxylation is 2. The van der Waals surface area contributed by atoms with Crippen LogP contribution in [-0.2, 0) is 10.0 Å². The van der Waals surface area contributed by atoms with Crippen LogP contribution in [-0.4, -0.2) is 30.5 Å². The first-order valence-corrected chi connectivity index (χ1v) is 9.08. The minimum absolute atomic E-state index is 0.0681. The van der Waals surface area contributed by atoms with E-state index in [1.54, 1.807) is 13.8 Å². The second kappa shape index (κ2) is 5.54. The molecule has 0 unspecified atom stereocenters. The molecule has 1 fully saturated rings. The number of hydrogen-bond acceptors (Lipinski definition) is 3. The lowest BCUT2D eigenvalue weighted by Gasteiger charge is -2.26. The van der Waals surface area contributed by atoms with Gasteiger partial charge in [-0.1, -0.05) is 28.8 Å². The van der Waals surface area contributed by atoms with E-state index in [0.717, 1.165) is 18.2 Å². The summed E-state index contributed by atoms with van der Waals surface area (Å²) in [6, 6.07) is 0. The Balaban J connectivity index is 2.14. The van der Waals surface area contributed by atoms with Gasteiger partial charge in [-0.05, 0) is 32.1 Å². The summed E-state index contributed by atoms with van der Waals surface area (Å²) in [5.74, 6) is 0. The molecule has 2 rings (SSSR count). The summed E-state index contributed by atoms with van der Waals surface area (Å²) < 4.78 is 27.5. The molecule has 0 spiro atoms. The van der Waals surface area contributed by atoms with Crippen LogP contribution in [0, 0.1) is 19.3 Å². The molecular weight excluding hydrogens is 330 g/mol. The molecule has 1 aliphatic rings. The molecule has 19 heavy (non-hydrogen) atoms. The normalized spacial score (nSPS) is 18.9. The van der Waals surface area contributed by atoms with Crippen LogP contribution in [0.2, 0.25) is 0 Å². The summed E-state index contributed by atoms with van der Waals surface area (Å²) in [5, 5.41) is 7.50. The van der Waals surface area contributed by atoms with E-state index in [0.29, 0.717) is 17.9 Å². The van der Waals surface area contributed by atoms with Crippen molar-refractivity contribution in [3.63, 3.8) is 0 Å². The molecule has 0 atom stereocenters. The van der Waals surface area contributed by atoms with Gasteiger partial charge >= 0.3 is 0 Å². The largest absolute Gasteiger partial charge is 0.281 e. The average Bonchev–Trinajstić information content (AvgIpc) is 2.95. The van der Waals surface area contributed by atoms with E-state index < -0.39 is 10.0 Å². The van der Waals surface area contributed by atoms with E-state index in [1.807, 2.05) is 0 Å². The molecule has 1 saturated carbocycles. The van der Waals surface area contributed by atoms with Crippen molar-refractivity contribution in [3.8, 4) is 0 Å². The van der Waals surface area contributed by atoms with Gasteiger partial charge in [0.15, 0.2) is 0 Å². The summed E-state index contributed by atoms with van der Waals surface area (Å²) >= 11 is 3.53. The summed E-state index contributed by atoms with van der Waals surface area (Å²) in [5.41, 5.74) is 1.17. The fourth-order valence-corrected chi connectivity index (χ4v) is 5.02. The van der Waals surface area contributed by atoms with Crippen molar-refractivity contribution < 1.29 is 8.42 Å². The molecule has 0 saturated heterocycles. The number of rotatable bonds is 5. The molecule has 0 radical (unpaired) electrons. The first kappa shape index (κ1) is 15.0. The quantitative estimate of drug-likeness (QED) is 0.800. The zero-order valence-corrected chi connectivity index (χ0v) is 13.7. The molecule has 1 aromatic rings. The van der Waals surface area contributed by atoms with Crippen LogP contribution in [0.25, 0.3) is 0 Å². The maximum atomic E-state index is 12.4. The number of aromatic nitrogens is 2. The van der Waals surface area contributed by atoms with Crippen molar-refractivity contribution in [2.75, 3.05) is 11.9 Å². The number of nitrogens with one attached hydrogen (secondary N) is 2. The fourth-order valence-electron chi connectivity index (χ4n) is 2.74. The number of aromatic amines is 1. The Morgan fingerprint density at radius 3 is 2.47 bits per heavy atom. The minimum atomic E-state index is -3.48. The molecule has 1 aliphatic carbocycles. The molecule has 108 valence electrons. The zero-order valence-electron chi connectivity index (χ0n) is 11.3. The first-order valence-electron chi connectivity index (χ1n) is 6.47. The number of halogens is 1. The third kappa shape index (κ3) is 3.03. The van der Waals surface area contributed by atoms with Crippen molar-refractivity contribution >= 4 is 26.0 Å². The highest BCUT2D eigenvalue weighted by Crippen LogP contribution is 2.39. The molecule has 1 heterocycles. The van der Waals surface area contributed by atoms with Gasteiger partial charge in [-0.2, -0.15) is 5.10 Å². The van der Waals surface area contributed by atoms with Crippen molar-refractivity contribution in [1.82, 2.24) is 14.9 Å². The first-order chi connectivity index (χ1) is 8.90. The van der Waals surface area contributed by atoms with Crippen LogP contribution in [0.3, 0.4) is 0 Å². The Kier molecular flexibility index (Phi) is 4.37. The number of hydrogen-bond donors (Lipinski definition) is 2. The van der Waals surface area contributed by atoms with Crippen LogP contribution in [0.4, 0.5) is 0 Å². The molecule has 0 amide bonds. The molecule has 0 aromatic carbocycles. The van der Waals surface area contributed by atoms with E-state index in [1.165, 1.54) is 12.8 Å². The monoisotopic (exact) mass is 349 g/mol. The predicted octanol–water partition coefficient (Wildman–Crippen LogP) is 2.26. The summed E-state index contributed by atoms with van der Waals surface area (Å²) in [4.78, 5) is 0.287. The average molecular weight is 350 g/mol. The van der Waals surface area contributed by atoms with Gasteiger partial charge in [-0.3, -0.25) is 5.10 Å². The third-order valence-corrected chi connectivity index (χ3v) is 6.77. The number of nitrogens with zero attached hydrogens (tertiary/aromatic N) is 1. The second-order valence-electron chi connectivity index (χ2n) is 5.43. The third-order valence-electron chi connectivity index (χ3n) is 3.91. The molecule has 2 N–H and O–H groups in total. The Bertz CT molecular complexity index is 528. The van der Waals surface area contributed by atoms with E-state index in [-0.39, 0.29) is 10.3 Å². The molecule has 5 nitrogen and oxygen atoms in total. The zero-order chi connectivity index (χ0) is 14.1. The molecule has 0 bridgehead atoms. The molecule has 0 aliphatic heterocycles. The van der Waals surface area contributed by atoms with Crippen LogP contribution < -0.4 is 4.72 Å². The lowest BCUT2D eigenvalue weighted by molar-refractivity contribution is 0.347. The van der Waals surface area contributed by atoms with Crippen LogP contribution in [0.15, 0.2) is 4.90 Å². The van der Waals surface area contributed by atoms with E-state index in [4.69, 9.17) is 0 Å². The SMILES string of the molecule is Cc1n[nH]c(C)c1S(=O)(=O)NCC1(CBr)CCCC1. The van der Waals surface area contributed by atoms with Crippen molar-refractivity contribution in [3.05, 3.63) is 11.4 Å². The van der Waals surface area contributed by atoms with E-state index in [2.05, 4.69) is 30.8 Å². The number of H-pyrrole nitrogens is 1. The smallest absolute Gasteiger partial charge is 0.244 e. The number of alkyl halides is 1. The highest BCUT2D eigenvalue weighted by molar-refractivity contribution is 9.09. The Morgan fingerprint density at radius 2 is 2.00 bits per heavy atom. The lowest BCUT2D eigenvalue weighted by atomic mass is 9.89. The van der Waals surface area contributed by atoms with E-state index >= 15 is 0 Å². The summed E-state index contributed by atoms with van der Waals surface area (Å²) in [7, 11) is -3.48. The van der Waals surface area contributed by atoms with Crippen molar-refractivity contribution in [1.29, 1.82) is 0 Å². The maximum Gasteiger partial charge on any atom is 0.244 e. The molecule has 1 aromatic heterocycles. The Hall–Kier alpha value is -0.400. The second-order valence-corrected chi connectivity index (χ2v) is 7.69.